The Balaban J connectivity index is 1.72. The van der Waals surface area contributed by atoms with Crippen molar-refractivity contribution in [2.75, 3.05) is 18.5 Å². The van der Waals surface area contributed by atoms with Crippen LogP contribution in [0.3, 0.4) is 0 Å². The number of nitrogens with zero attached hydrogens (tertiary/aromatic N) is 1. The normalized spacial score (nSPS) is 14.3. The molecule has 1 aliphatic heterocycles. The molecule has 3 rings (SSSR count). The van der Waals surface area contributed by atoms with Gasteiger partial charge in [0.05, 0.1) is 0 Å². The molecule has 0 saturated heterocycles. The Kier molecular flexibility index (Phi) is 3.96. The van der Waals surface area contributed by atoms with E-state index >= 15 is 0 Å². The molecule has 1 atom stereocenters. The second-order valence-electron chi connectivity index (χ2n) is 5.35. The van der Waals surface area contributed by atoms with Crippen molar-refractivity contribution in [2.45, 2.75) is 19.9 Å². The first-order valence-corrected chi connectivity index (χ1v) is 7.31. The minimum absolute atomic E-state index is 0.0782. The van der Waals surface area contributed by atoms with Crippen molar-refractivity contribution in [1.29, 1.82) is 0 Å². The van der Waals surface area contributed by atoms with Crippen LogP contribution in [0.25, 0.3) is 0 Å². The highest BCUT2D eigenvalue weighted by Gasteiger charge is 2.22. The van der Waals surface area contributed by atoms with Crippen molar-refractivity contribution in [1.82, 2.24) is 0 Å². The minimum Gasteiger partial charge on any atom is -0.486 e. The average molecular weight is 299 g/mol. The molecular formula is C17H19N2O3+. The lowest BCUT2D eigenvalue weighted by Crippen LogP contribution is -2.43. The Morgan fingerprint density at radius 1 is 1.14 bits per heavy atom. The van der Waals surface area contributed by atoms with Gasteiger partial charge in [0.1, 0.15) is 13.2 Å². The average Bonchev–Trinajstić information content (AvgIpc) is 2.55. The van der Waals surface area contributed by atoms with Gasteiger partial charge in [-0.2, -0.15) is 4.57 Å². The van der Waals surface area contributed by atoms with E-state index in [0.29, 0.717) is 30.4 Å². The number of fused-ring (bicyclic) bond motifs is 1. The second kappa shape index (κ2) is 6.05. The van der Waals surface area contributed by atoms with Gasteiger partial charge >= 0.3 is 0 Å². The van der Waals surface area contributed by atoms with Crippen molar-refractivity contribution in [3.63, 3.8) is 0 Å². The number of hydrogen-bond donors (Lipinski definition) is 1. The number of ether oxygens (including phenoxy) is 2. The predicted octanol–water partition coefficient (Wildman–Crippen LogP) is 2.25. The van der Waals surface area contributed by atoms with E-state index in [1.54, 1.807) is 6.07 Å². The zero-order valence-corrected chi connectivity index (χ0v) is 12.7. The molecule has 5 nitrogen and oxygen atoms in total. The Bertz CT molecular complexity index is 683. The topological polar surface area (TPSA) is 51.4 Å². The van der Waals surface area contributed by atoms with E-state index in [1.165, 1.54) is 0 Å². The summed E-state index contributed by atoms with van der Waals surface area (Å²) in [5, 5.41) is 2.91. The van der Waals surface area contributed by atoms with Gasteiger partial charge in [-0.15, -0.1) is 0 Å². The fourth-order valence-electron chi connectivity index (χ4n) is 2.27. The van der Waals surface area contributed by atoms with Crippen LogP contribution in [0, 0.1) is 6.92 Å². The van der Waals surface area contributed by atoms with Crippen molar-refractivity contribution >= 4 is 11.6 Å². The van der Waals surface area contributed by atoms with Gasteiger partial charge in [0, 0.05) is 30.8 Å². The van der Waals surface area contributed by atoms with Crippen LogP contribution in [0.5, 0.6) is 11.5 Å². The highest BCUT2D eigenvalue weighted by Crippen LogP contribution is 2.32. The Labute approximate surface area is 129 Å². The number of anilines is 1. The molecule has 1 aromatic carbocycles. The second-order valence-corrected chi connectivity index (χ2v) is 5.35. The summed E-state index contributed by atoms with van der Waals surface area (Å²) in [7, 11) is 0. The summed E-state index contributed by atoms with van der Waals surface area (Å²) in [5.41, 5.74) is 1.87. The van der Waals surface area contributed by atoms with Gasteiger partial charge in [0.25, 0.3) is 5.91 Å². The Morgan fingerprint density at radius 2 is 1.82 bits per heavy atom. The first-order chi connectivity index (χ1) is 10.6. The molecular weight excluding hydrogens is 280 g/mol. The van der Waals surface area contributed by atoms with Crippen molar-refractivity contribution in [3.05, 3.63) is 48.3 Å². The standard InChI is InChI=1S/C17H18N2O3/c1-12-5-7-19(8-6-12)13(2)17(20)18-14-3-4-15-16(11-14)22-10-9-21-15/h3-8,11,13H,9-10H2,1-2H3/p+1/t13-/m0/s1. The van der Waals surface area contributed by atoms with Crippen LogP contribution in [-0.4, -0.2) is 19.1 Å². The lowest BCUT2D eigenvalue weighted by Gasteiger charge is -2.19. The van der Waals surface area contributed by atoms with E-state index < -0.39 is 0 Å². The van der Waals surface area contributed by atoms with Gasteiger partial charge in [0.15, 0.2) is 23.9 Å². The van der Waals surface area contributed by atoms with Crippen molar-refractivity contribution in [2.24, 2.45) is 0 Å². The lowest BCUT2D eigenvalue weighted by molar-refractivity contribution is -0.705. The SMILES string of the molecule is Cc1cc[n+]([C@@H](C)C(=O)Nc2ccc3c(c2)OCCO3)cc1. The summed E-state index contributed by atoms with van der Waals surface area (Å²) >= 11 is 0. The smallest absolute Gasteiger partial charge is 0.293 e. The summed E-state index contributed by atoms with van der Waals surface area (Å²) in [6, 6.07) is 9.08. The molecule has 0 radical (unpaired) electrons. The van der Waals surface area contributed by atoms with Gasteiger partial charge in [-0.25, -0.2) is 0 Å². The summed E-state index contributed by atoms with van der Waals surface area (Å²) in [5.74, 6) is 1.30. The summed E-state index contributed by atoms with van der Waals surface area (Å²) in [6.45, 7) is 4.97. The van der Waals surface area contributed by atoms with Crippen LogP contribution in [0.4, 0.5) is 5.69 Å². The highest BCUT2D eigenvalue weighted by molar-refractivity contribution is 5.92. The molecule has 0 spiro atoms. The molecule has 0 fully saturated rings. The van der Waals surface area contributed by atoms with E-state index in [0.717, 1.165) is 5.56 Å². The third kappa shape index (κ3) is 3.03. The van der Waals surface area contributed by atoms with E-state index in [1.807, 2.05) is 55.1 Å². The Morgan fingerprint density at radius 3 is 2.55 bits per heavy atom. The maximum absolute atomic E-state index is 12.4. The first-order valence-electron chi connectivity index (χ1n) is 7.31. The molecule has 0 bridgehead atoms. The lowest BCUT2D eigenvalue weighted by atomic mass is 10.2. The number of carbonyl (C=O) groups excluding carboxylic acids is 1. The van der Waals surface area contributed by atoms with Crippen LogP contribution in [0.1, 0.15) is 18.5 Å². The minimum atomic E-state index is -0.297. The number of hydrogen-bond acceptors (Lipinski definition) is 3. The monoisotopic (exact) mass is 299 g/mol. The van der Waals surface area contributed by atoms with E-state index in [-0.39, 0.29) is 11.9 Å². The molecule has 0 saturated carbocycles. The quantitative estimate of drug-likeness (QED) is 0.885. The van der Waals surface area contributed by atoms with E-state index in [4.69, 9.17) is 9.47 Å². The summed E-state index contributed by atoms with van der Waals surface area (Å²) < 4.78 is 12.9. The van der Waals surface area contributed by atoms with Gasteiger partial charge in [-0.05, 0) is 24.6 Å². The van der Waals surface area contributed by atoms with Crippen molar-refractivity contribution < 1.29 is 18.8 Å². The van der Waals surface area contributed by atoms with Crippen LogP contribution in [0.15, 0.2) is 42.7 Å². The zero-order chi connectivity index (χ0) is 15.5. The maximum atomic E-state index is 12.4. The number of aromatic nitrogens is 1. The fraction of sp³-hybridized carbons (Fsp3) is 0.294. The van der Waals surface area contributed by atoms with E-state index in [9.17, 15) is 4.79 Å². The van der Waals surface area contributed by atoms with Gasteiger partial charge in [-0.1, -0.05) is 0 Å². The number of benzene rings is 1. The molecule has 0 unspecified atom stereocenters. The maximum Gasteiger partial charge on any atom is 0.293 e. The Hall–Kier alpha value is -2.56. The van der Waals surface area contributed by atoms with Crippen LogP contribution < -0.4 is 19.4 Å². The highest BCUT2D eigenvalue weighted by atomic mass is 16.6. The molecule has 1 aromatic heterocycles. The molecule has 5 heteroatoms. The van der Waals surface area contributed by atoms with Gasteiger partial charge < -0.3 is 14.8 Å². The molecule has 2 heterocycles. The van der Waals surface area contributed by atoms with E-state index in [2.05, 4.69) is 5.32 Å². The third-order valence-electron chi connectivity index (χ3n) is 3.66. The molecule has 1 amide bonds. The fourth-order valence-corrected chi connectivity index (χ4v) is 2.27. The predicted molar refractivity (Wildman–Crippen MR) is 82.1 cm³/mol. The number of carbonyl (C=O) groups is 1. The number of rotatable bonds is 3. The number of pyridine rings is 1. The molecule has 114 valence electrons. The van der Waals surface area contributed by atoms with Gasteiger partial charge in [-0.3, -0.25) is 4.79 Å². The van der Waals surface area contributed by atoms with Crippen LogP contribution in [0.2, 0.25) is 0 Å². The first kappa shape index (κ1) is 14.4. The number of amides is 1. The zero-order valence-electron chi connectivity index (χ0n) is 12.7. The van der Waals surface area contributed by atoms with Crippen LogP contribution >= 0.6 is 0 Å². The van der Waals surface area contributed by atoms with Crippen molar-refractivity contribution in [3.8, 4) is 11.5 Å². The van der Waals surface area contributed by atoms with Gasteiger partial charge in [0.2, 0.25) is 6.04 Å². The largest absolute Gasteiger partial charge is 0.486 e. The number of aryl methyl sites for hydroxylation is 1. The molecule has 2 aromatic rings. The molecule has 1 N–H and O–H groups in total. The summed E-state index contributed by atoms with van der Waals surface area (Å²) in [4.78, 5) is 12.4. The van der Waals surface area contributed by atoms with Crippen LogP contribution in [-0.2, 0) is 4.79 Å². The number of nitrogens with one attached hydrogen (secondary N) is 1. The third-order valence-corrected chi connectivity index (χ3v) is 3.66. The summed E-state index contributed by atoms with van der Waals surface area (Å²) in [6.07, 6.45) is 3.81. The molecule has 22 heavy (non-hydrogen) atoms. The molecule has 0 aliphatic carbocycles. The molecule has 1 aliphatic rings.